The van der Waals surface area contributed by atoms with E-state index < -0.39 is 5.41 Å². The second kappa shape index (κ2) is 4.99. The molecule has 3 rings (SSSR count). The fraction of sp³-hybridized carbons (Fsp3) is 0.579. The van der Waals surface area contributed by atoms with Gasteiger partial charge in [0.2, 0.25) is 0 Å². The Bertz CT molecular complexity index is 754. The number of fused-ring (bicyclic) bond motifs is 3. The van der Waals surface area contributed by atoms with Gasteiger partial charge in [-0.25, -0.2) is 9.97 Å². The Hall–Kier alpha value is -2.02. The lowest BCUT2D eigenvalue weighted by atomic mass is 9.52. The van der Waals surface area contributed by atoms with Gasteiger partial charge in [-0.15, -0.1) is 0 Å². The van der Waals surface area contributed by atoms with Crippen molar-refractivity contribution in [3.05, 3.63) is 34.9 Å². The van der Waals surface area contributed by atoms with Crippen LogP contribution in [-0.4, -0.2) is 15.8 Å². The summed E-state index contributed by atoms with van der Waals surface area (Å²) in [6, 6.07) is 2.10. The Morgan fingerprint density at radius 2 is 2.04 bits per heavy atom. The van der Waals surface area contributed by atoms with Gasteiger partial charge in [0.1, 0.15) is 11.9 Å². The van der Waals surface area contributed by atoms with Crippen LogP contribution < -0.4 is 0 Å². The summed E-state index contributed by atoms with van der Waals surface area (Å²) < 4.78 is 0. The van der Waals surface area contributed by atoms with Crippen LogP contribution in [0.25, 0.3) is 0 Å². The number of hydrogen-bond donors (Lipinski definition) is 0. The largest absolute Gasteiger partial charge is 0.293 e. The normalized spacial score (nSPS) is 28.7. The number of carbonyl (C=O) groups excluding carboxylic acids is 1. The van der Waals surface area contributed by atoms with E-state index in [-0.39, 0.29) is 28.6 Å². The minimum Gasteiger partial charge on any atom is -0.293 e. The molecule has 2 atom stereocenters. The van der Waals surface area contributed by atoms with E-state index in [2.05, 4.69) is 31.8 Å². The van der Waals surface area contributed by atoms with Gasteiger partial charge in [-0.05, 0) is 24.3 Å². The molecule has 1 aromatic rings. The molecule has 4 heteroatoms. The molecule has 0 saturated heterocycles. The maximum Gasteiger partial charge on any atom is 0.178 e. The molecule has 1 heterocycles. The molecular weight excluding hydrogens is 286 g/mol. The number of Topliss-reactive ketones (excluding diaryl/α,β-unsaturated/α-hetero) is 1. The van der Waals surface area contributed by atoms with Crippen LogP contribution in [0.2, 0.25) is 0 Å². The van der Waals surface area contributed by atoms with Crippen LogP contribution in [0.5, 0.6) is 0 Å². The first-order valence-electron chi connectivity index (χ1n) is 8.26. The van der Waals surface area contributed by atoms with Crippen molar-refractivity contribution in [1.29, 1.82) is 5.26 Å². The maximum atomic E-state index is 12.6. The molecule has 0 bridgehead atoms. The Labute approximate surface area is 137 Å². The van der Waals surface area contributed by atoms with Gasteiger partial charge in [0.05, 0.1) is 11.3 Å². The van der Waals surface area contributed by atoms with Crippen molar-refractivity contribution in [2.24, 2.45) is 11.3 Å². The first-order chi connectivity index (χ1) is 10.7. The van der Waals surface area contributed by atoms with Crippen molar-refractivity contribution in [3.63, 3.8) is 0 Å². The zero-order valence-electron chi connectivity index (χ0n) is 14.5. The van der Waals surface area contributed by atoms with Gasteiger partial charge in [-0.2, -0.15) is 5.26 Å². The van der Waals surface area contributed by atoms with E-state index >= 15 is 0 Å². The van der Waals surface area contributed by atoms with Gasteiger partial charge < -0.3 is 0 Å². The number of carbonyl (C=O) groups is 1. The summed E-state index contributed by atoms with van der Waals surface area (Å²) in [6.07, 6.45) is 5.60. The molecule has 0 aliphatic heterocycles. The van der Waals surface area contributed by atoms with E-state index in [1.54, 1.807) is 0 Å². The molecule has 0 unspecified atom stereocenters. The minimum absolute atomic E-state index is 0.0379. The number of allylic oxidation sites excluding steroid dienone is 2. The van der Waals surface area contributed by atoms with Gasteiger partial charge in [0, 0.05) is 22.9 Å². The number of nitriles is 1. The quantitative estimate of drug-likeness (QED) is 0.796. The van der Waals surface area contributed by atoms with Crippen molar-refractivity contribution < 1.29 is 4.79 Å². The van der Waals surface area contributed by atoms with Gasteiger partial charge in [0.15, 0.2) is 5.78 Å². The standard InChI is InChI=1S/C19H23N3O/c1-11(2)17-21-10-12-6-7-14-18(3,4)16(23)13(9-20)8-19(14,5)15(12)22-17/h8,10-11,14H,6-7H2,1-5H3/t14-,19-/m0/s1. The second-order valence-electron chi connectivity index (χ2n) is 7.85. The van der Waals surface area contributed by atoms with Gasteiger partial charge in [-0.3, -0.25) is 4.79 Å². The fourth-order valence-electron chi connectivity index (χ4n) is 4.35. The molecule has 2 aliphatic carbocycles. The summed E-state index contributed by atoms with van der Waals surface area (Å²) in [5, 5.41) is 9.42. The average molecular weight is 309 g/mol. The molecule has 0 N–H and O–H groups in total. The molecule has 0 amide bonds. The van der Waals surface area contributed by atoms with Gasteiger partial charge in [-0.1, -0.05) is 40.7 Å². The minimum atomic E-state index is -0.546. The lowest BCUT2D eigenvalue weighted by molar-refractivity contribution is -0.128. The summed E-state index contributed by atoms with van der Waals surface area (Å²) in [7, 11) is 0. The number of rotatable bonds is 1. The van der Waals surface area contributed by atoms with Crippen molar-refractivity contribution in [3.8, 4) is 6.07 Å². The van der Waals surface area contributed by atoms with Crippen LogP contribution in [0.1, 0.15) is 64.0 Å². The third-order valence-corrected chi connectivity index (χ3v) is 5.60. The Balaban J connectivity index is 2.26. The summed E-state index contributed by atoms with van der Waals surface area (Å²) in [5.41, 5.74) is 1.48. The van der Waals surface area contributed by atoms with Crippen LogP contribution in [0, 0.1) is 22.7 Å². The molecule has 4 nitrogen and oxygen atoms in total. The lowest BCUT2D eigenvalue weighted by Gasteiger charge is -2.50. The number of aryl methyl sites for hydroxylation is 1. The van der Waals surface area contributed by atoms with Gasteiger partial charge in [0.25, 0.3) is 0 Å². The molecule has 0 fully saturated rings. The van der Waals surface area contributed by atoms with Crippen LogP contribution in [0.4, 0.5) is 0 Å². The molecule has 120 valence electrons. The zero-order chi connectivity index (χ0) is 17.0. The molecule has 2 aliphatic rings. The molecule has 1 aromatic heterocycles. The van der Waals surface area contributed by atoms with E-state index in [9.17, 15) is 10.1 Å². The average Bonchev–Trinajstić information content (AvgIpc) is 2.50. The number of hydrogen-bond acceptors (Lipinski definition) is 4. The van der Waals surface area contributed by atoms with Crippen LogP contribution in [0.15, 0.2) is 17.8 Å². The predicted octanol–water partition coefficient (Wildman–Crippen LogP) is 3.48. The lowest BCUT2D eigenvalue weighted by Crippen LogP contribution is -2.51. The van der Waals surface area contributed by atoms with Crippen molar-refractivity contribution >= 4 is 5.78 Å². The Kier molecular flexibility index (Phi) is 3.44. The predicted molar refractivity (Wildman–Crippen MR) is 87.8 cm³/mol. The molecular formula is C19H23N3O. The van der Waals surface area contributed by atoms with Crippen molar-refractivity contribution in [2.75, 3.05) is 0 Å². The van der Waals surface area contributed by atoms with Crippen LogP contribution in [0.3, 0.4) is 0 Å². The second-order valence-corrected chi connectivity index (χ2v) is 7.85. The summed E-state index contributed by atoms with van der Waals surface area (Å²) in [5.74, 6) is 1.19. The number of ketones is 1. The van der Waals surface area contributed by atoms with Crippen LogP contribution in [-0.2, 0) is 16.6 Å². The molecule has 0 saturated carbocycles. The molecule has 0 radical (unpaired) electrons. The molecule has 0 aromatic carbocycles. The highest BCUT2D eigenvalue weighted by Gasteiger charge is 2.54. The van der Waals surface area contributed by atoms with E-state index in [1.165, 1.54) is 0 Å². The first kappa shape index (κ1) is 15.9. The third kappa shape index (κ3) is 2.14. The summed E-state index contributed by atoms with van der Waals surface area (Å²) >= 11 is 0. The topological polar surface area (TPSA) is 66.6 Å². The monoisotopic (exact) mass is 309 g/mol. The number of aromatic nitrogens is 2. The highest BCUT2D eigenvalue weighted by atomic mass is 16.1. The van der Waals surface area contributed by atoms with E-state index in [0.29, 0.717) is 0 Å². The number of nitrogens with zero attached hydrogens (tertiary/aromatic N) is 3. The highest BCUT2D eigenvalue weighted by molar-refractivity contribution is 6.04. The third-order valence-electron chi connectivity index (χ3n) is 5.60. The van der Waals surface area contributed by atoms with Crippen LogP contribution >= 0.6 is 0 Å². The smallest absolute Gasteiger partial charge is 0.178 e. The maximum absolute atomic E-state index is 12.6. The summed E-state index contributed by atoms with van der Waals surface area (Å²) in [6.45, 7) is 10.2. The molecule has 23 heavy (non-hydrogen) atoms. The van der Waals surface area contributed by atoms with E-state index in [1.807, 2.05) is 26.1 Å². The van der Waals surface area contributed by atoms with Crippen molar-refractivity contribution in [2.45, 2.75) is 58.8 Å². The van der Waals surface area contributed by atoms with Crippen molar-refractivity contribution in [1.82, 2.24) is 9.97 Å². The molecule has 0 spiro atoms. The highest BCUT2D eigenvalue weighted by Crippen LogP contribution is 2.53. The van der Waals surface area contributed by atoms with E-state index in [0.717, 1.165) is 29.9 Å². The first-order valence-corrected chi connectivity index (χ1v) is 8.26. The van der Waals surface area contributed by atoms with E-state index in [4.69, 9.17) is 4.98 Å². The van der Waals surface area contributed by atoms with Gasteiger partial charge >= 0.3 is 0 Å². The zero-order valence-corrected chi connectivity index (χ0v) is 14.5. The SMILES string of the molecule is CC(C)c1ncc2c(n1)[C@@]1(C)C=C(C#N)C(=O)C(C)(C)[C@@H]1CC2. The summed E-state index contributed by atoms with van der Waals surface area (Å²) in [4.78, 5) is 22.0. The fourth-order valence-corrected chi connectivity index (χ4v) is 4.35. The Morgan fingerprint density at radius 3 is 2.65 bits per heavy atom. The Morgan fingerprint density at radius 1 is 1.35 bits per heavy atom.